The van der Waals surface area contributed by atoms with Crippen molar-refractivity contribution in [1.82, 2.24) is 14.9 Å². The van der Waals surface area contributed by atoms with Gasteiger partial charge >= 0.3 is 6.55 Å². The van der Waals surface area contributed by atoms with Gasteiger partial charge in [0.05, 0.1) is 6.04 Å². The van der Waals surface area contributed by atoms with Gasteiger partial charge in [-0.1, -0.05) is 50.1 Å². The van der Waals surface area contributed by atoms with Gasteiger partial charge in [0.15, 0.2) is 0 Å². The Hall–Kier alpha value is -2.24. The smallest absolute Gasteiger partial charge is 0.319 e. The highest BCUT2D eigenvalue weighted by atomic mass is 19.3. The minimum atomic E-state index is -2.64. The van der Waals surface area contributed by atoms with Gasteiger partial charge < -0.3 is 5.32 Å². The SMILES string of the molecule is CCCCCC(=O)N[C@@H](Cc1nccn1C(F)F)c1ccccc1. The number of nitrogens with one attached hydrogen (secondary N) is 1. The highest BCUT2D eigenvalue weighted by Gasteiger charge is 2.19. The van der Waals surface area contributed by atoms with Gasteiger partial charge in [0.1, 0.15) is 5.82 Å². The Balaban J connectivity index is 2.11. The van der Waals surface area contributed by atoms with E-state index in [9.17, 15) is 13.6 Å². The average molecular weight is 335 g/mol. The van der Waals surface area contributed by atoms with Crippen molar-refractivity contribution in [2.24, 2.45) is 0 Å². The number of aromatic nitrogens is 2. The van der Waals surface area contributed by atoms with Gasteiger partial charge in [-0.05, 0) is 12.0 Å². The van der Waals surface area contributed by atoms with Gasteiger partial charge in [-0.25, -0.2) is 4.98 Å². The Bertz CT molecular complexity index is 628. The fourth-order valence-corrected chi connectivity index (χ4v) is 2.60. The van der Waals surface area contributed by atoms with Gasteiger partial charge in [-0.15, -0.1) is 0 Å². The molecule has 0 fully saturated rings. The number of benzene rings is 1. The summed E-state index contributed by atoms with van der Waals surface area (Å²) in [6, 6.07) is 9.00. The Kier molecular flexibility index (Phi) is 6.90. The molecule has 0 saturated carbocycles. The van der Waals surface area contributed by atoms with Crippen molar-refractivity contribution < 1.29 is 13.6 Å². The Morgan fingerprint density at radius 2 is 2.00 bits per heavy atom. The Morgan fingerprint density at radius 1 is 1.25 bits per heavy atom. The van der Waals surface area contributed by atoms with E-state index in [1.54, 1.807) is 0 Å². The molecule has 2 aromatic rings. The predicted octanol–water partition coefficient (Wildman–Crippen LogP) is 4.26. The Morgan fingerprint density at radius 3 is 2.67 bits per heavy atom. The number of hydrogen-bond donors (Lipinski definition) is 1. The van der Waals surface area contributed by atoms with Crippen molar-refractivity contribution in [1.29, 1.82) is 0 Å². The van der Waals surface area contributed by atoms with E-state index in [0.29, 0.717) is 6.42 Å². The minimum absolute atomic E-state index is 0.0625. The summed E-state index contributed by atoms with van der Waals surface area (Å²) in [6.07, 6.45) is 6.15. The number of rotatable bonds is 9. The van der Waals surface area contributed by atoms with Crippen LogP contribution in [0.1, 0.15) is 56.6 Å². The van der Waals surface area contributed by atoms with Crippen molar-refractivity contribution in [3.8, 4) is 0 Å². The third kappa shape index (κ3) is 5.15. The molecule has 4 nitrogen and oxygen atoms in total. The third-order valence-electron chi connectivity index (χ3n) is 3.89. The van der Waals surface area contributed by atoms with Crippen molar-refractivity contribution in [3.05, 3.63) is 54.1 Å². The van der Waals surface area contributed by atoms with Crippen LogP contribution in [0.4, 0.5) is 8.78 Å². The molecule has 0 unspecified atom stereocenters. The van der Waals surface area contributed by atoms with E-state index >= 15 is 0 Å². The van der Waals surface area contributed by atoms with Crippen LogP contribution < -0.4 is 5.32 Å². The monoisotopic (exact) mass is 335 g/mol. The lowest BCUT2D eigenvalue weighted by Crippen LogP contribution is -2.30. The molecule has 1 heterocycles. The van der Waals surface area contributed by atoms with Crippen molar-refractivity contribution in [2.45, 2.75) is 51.6 Å². The molecule has 24 heavy (non-hydrogen) atoms. The first-order valence-electron chi connectivity index (χ1n) is 8.26. The van der Waals surface area contributed by atoms with Crippen molar-refractivity contribution >= 4 is 5.91 Å². The number of imidazole rings is 1. The molecule has 1 aromatic heterocycles. The van der Waals surface area contributed by atoms with Crippen LogP contribution in [-0.4, -0.2) is 15.5 Å². The summed E-state index contributed by atoms with van der Waals surface area (Å²) in [5, 5.41) is 2.96. The van der Waals surface area contributed by atoms with Gasteiger partial charge in [0.25, 0.3) is 0 Å². The quantitative estimate of drug-likeness (QED) is 0.696. The highest BCUT2D eigenvalue weighted by Crippen LogP contribution is 2.21. The second-order valence-electron chi connectivity index (χ2n) is 5.72. The van der Waals surface area contributed by atoms with Crippen LogP contribution in [0.2, 0.25) is 0 Å². The van der Waals surface area contributed by atoms with Crippen LogP contribution in [0.25, 0.3) is 0 Å². The summed E-state index contributed by atoms with van der Waals surface area (Å²) >= 11 is 0. The zero-order valence-electron chi connectivity index (χ0n) is 13.8. The molecular formula is C18H23F2N3O. The molecule has 1 N–H and O–H groups in total. The zero-order chi connectivity index (χ0) is 17.4. The molecule has 1 aromatic carbocycles. The predicted molar refractivity (Wildman–Crippen MR) is 88.7 cm³/mol. The molecule has 0 aliphatic carbocycles. The summed E-state index contributed by atoms with van der Waals surface area (Å²) in [4.78, 5) is 16.2. The summed E-state index contributed by atoms with van der Waals surface area (Å²) in [5.74, 6) is 0.195. The van der Waals surface area contributed by atoms with E-state index in [2.05, 4.69) is 17.2 Å². The molecule has 1 atom stereocenters. The fraction of sp³-hybridized carbons (Fsp3) is 0.444. The Labute approximate surface area is 140 Å². The molecule has 0 aliphatic heterocycles. The maximum atomic E-state index is 13.0. The topological polar surface area (TPSA) is 46.9 Å². The largest absolute Gasteiger partial charge is 0.349 e. The first-order chi connectivity index (χ1) is 11.6. The van der Waals surface area contributed by atoms with E-state index in [1.807, 2.05) is 30.3 Å². The molecule has 0 aliphatic rings. The number of hydrogen-bond acceptors (Lipinski definition) is 2. The number of nitrogens with zero attached hydrogens (tertiary/aromatic N) is 2. The minimum Gasteiger partial charge on any atom is -0.349 e. The summed E-state index contributed by atoms with van der Waals surface area (Å²) in [5.41, 5.74) is 0.880. The van der Waals surface area contributed by atoms with Crippen molar-refractivity contribution in [3.63, 3.8) is 0 Å². The number of halogens is 2. The maximum Gasteiger partial charge on any atom is 0.319 e. The van der Waals surface area contributed by atoms with Gasteiger partial charge in [-0.3, -0.25) is 9.36 Å². The average Bonchev–Trinajstić information content (AvgIpc) is 3.04. The lowest BCUT2D eigenvalue weighted by molar-refractivity contribution is -0.122. The van der Waals surface area contributed by atoms with Crippen LogP contribution in [0.3, 0.4) is 0 Å². The summed E-state index contributed by atoms with van der Waals surface area (Å²) < 4.78 is 26.9. The normalized spacial score (nSPS) is 12.3. The van der Waals surface area contributed by atoms with E-state index in [4.69, 9.17) is 0 Å². The molecule has 130 valence electrons. The molecule has 2 rings (SSSR count). The first-order valence-corrected chi connectivity index (χ1v) is 8.26. The lowest BCUT2D eigenvalue weighted by atomic mass is 10.0. The molecule has 1 amide bonds. The third-order valence-corrected chi connectivity index (χ3v) is 3.89. The van der Waals surface area contributed by atoms with Crippen LogP contribution in [0, 0.1) is 0 Å². The number of unbranched alkanes of at least 4 members (excludes halogenated alkanes) is 2. The van der Waals surface area contributed by atoms with Gasteiger partial charge in [-0.2, -0.15) is 8.78 Å². The molecule has 6 heteroatoms. The maximum absolute atomic E-state index is 13.0. The van der Waals surface area contributed by atoms with Gasteiger partial charge in [0.2, 0.25) is 5.91 Å². The standard InChI is InChI=1S/C18H23F2N3O/c1-2-3-5-10-17(24)22-15(14-8-6-4-7-9-14)13-16-21-11-12-23(16)18(19)20/h4,6-9,11-12,15,18H,2-3,5,10,13H2,1H3,(H,22,24)/t15-/m0/s1. The second-order valence-corrected chi connectivity index (χ2v) is 5.72. The molecular weight excluding hydrogens is 312 g/mol. The van der Waals surface area contributed by atoms with E-state index in [1.165, 1.54) is 12.4 Å². The van der Waals surface area contributed by atoms with Crippen LogP contribution in [0.5, 0.6) is 0 Å². The second kappa shape index (κ2) is 9.15. The number of carbonyl (C=O) groups excluding carboxylic acids is 1. The number of carbonyl (C=O) groups is 1. The van der Waals surface area contributed by atoms with E-state index in [-0.39, 0.29) is 24.2 Å². The molecule has 0 spiro atoms. The molecule has 0 radical (unpaired) electrons. The summed E-state index contributed by atoms with van der Waals surface area (Å²) in [6.45, 7) is -0.561. The van der Waals surface area contributed by atoms with E-state index < -0.39 is 6.55 Å². The van der Waals surface area contributed by atoms with Crippen LogP contribution in [0.15, 0.2) is 42.7 Å². The van der Waals surface area contributed by atoms with Crippen LogP contribution >= 0.6 is 0 Å². The molecule has 0 saturated heterocycles. The fourth-order valence-electron chi connectivity index (χ4n) is 2.60. The molecule has 0 bridgehead atoms. The van der Waals surface area contributed by atoms with Crippen LogP contribution in [-0.2, 0) is 11.2 Å². The summed E-state index contributed by atoms with van der Waals surface area (Å²) in [7, 11) is 0. The van der Waals surface area contributed by atoms with Gasteiger partial charge in [0, 0.05) is 25.2 Å². The van der Waals surface area contributed by atoms with E-state index in [0.717, 1.165) is 29.4 Å². The highest BCUT2D eigenvalue weighted by molar-refractivity contribution is 5.76. The first kappa shape index (κ1) is 18.1. The van der Waals surface area contributed by atoms with Crippen molar-refractivity contribution in [2.75, 3.05) is 0 Å². The lowest BCUT2D eigenvalue weighted by Gasteiger charge is -2.20. The number of amides is 1. The number of alkyl halides is 2. The zero-order valence-corrected chi connectivity index (χ0v) is 13.8.